The van der Waals surface area contributed by atoms with Gasteiger partial charge in [-0.1, -0.05) is 12.1 Å². The highest BCUT2D eigenvalue weighted by molar-refractivity contribution is 5.79. The monoisotopic (exact) mass is 287 g/mol. The molecule has 0 spiro atoms. The van der Waals surface area contributed by atoms with Gasteiger partial charge >= 0.3 is 0 Å². The van der Waals surface area contributed by atoms with Crippen molar-refractivity contribution < 1.29 is 9.18 Å². The second kappa shape index (κ2) is 5.68. The SMILES string of the molecule is Cc1cnc(C2CCN(C(=O)Cc3ccc(F)cc3)C2)[nH]1. The van der Waals surface area contributed by atoms with E-state index in [-0.39, 0.29) is 17.6 Å². The molecule has 1 aromatic heterocycles. The molecule has 1 N–H and O–H groups in total. The minimum absolute atomic E-state index is 0.0902. The number of benzene rings is 1. The molecule has 2 heterocycles. The van der Waals surface area contributed by atoms with E-state index >= 15 is 0 Å². The molecular formula is C16H18FN3O. The standard InChI is InChI=1S/C16H18FN3O/c1-11-9-18-16(19-11)13-6-7-20(10-13)15(21)8-12-2-4-14(17)5-3-12/h2-5,9,13H,6-8,10H2,1H3,(H,18,19). The highest BCUT2D eigenvalue weighted by Crippen LogP contribution is 2.25. The van der Waals surface area contributed by atoms with Crippen LogP contribution in [0.4, 0.5) is 4.39 Å². The number of hydrogen-bond donors (Lipinski definition) is 1. The van der Waals surface area contributed by atoms with Crippen LogP contribution in [0.15, 0.2) is 30.5 Å². The molecule has 1 aliphatic heterocycles. The van der Waals surface area contributed by atoms with Crippen molar-refractivity contribution in [2.75, 3.05) is 13.1 Å². The summed E-state index contributed by atoms with van der Waals surface area (Å²) in [6, 6.07) is 6.11. The fraction of sp³-hybridized carbons (Fsp3) is 0.375. The van der Waals surface area contributed by atoms with Gasteiger partial charge in [0.2, 0.25) is 5.91 Å². The smallest absolute Gasteiger partial charge is 0.227 e. The van der Waals surface area contributed by atoms with Gasteiger partial charge in [0.15, 0.2) is 0 Å². The summed E-state index contributed by atoms with van der Waals surface area (Å²) >= 11 is 0. The molecule has 1 fully saturated rings. The number of amides is 1. The first-order chi connectivity index (χ1) is 10.1. The Morgan fingerprint density at radius 3 is 2.86 bits per heavy atom. The van der Waals surface area contributed by atoms with Crippen LogP contribution in [0.25, 0.3) is 0 Å². The lowest BCUT2D eigenvalue weighted by Gasteiger charge is -2.16. The highest BCUT2D eigenvalue weighted by atomic mass is 19.1. The molecule has 0 radical (unpaired) electrons. The van der Waals surface area contributed by atoms with Crippen LogP contribution in [-0.2, 0) is 11.2 Å². The summed E-state index contributed by atoms with van der Waals surface area (Å²) in [5.74, 6) is 1.06. The summed E-state index contributed by atoms with van der Waals surface area (Å²) in [4.78, 5) is 21.7. The number of aryl methyl sites for hydroxylation is 1. The van der Waals surface area contributed by atoms with E-state index in [1.165, 1.54) is 12.1 Å². The first-order valence-electron chi connectivity index (χ1n) is 7.15. The number of carbonyl (C=O) groups excluding carboxylic acids is 1. The lowest BCUT2D eigenvalue weighted by Crippen LogP contribution is -2.30. The van der Waals surface area contributed by atoms with Crippen LogP contribution >= 0.6 is 0 Å². The maximum Gasteiger partial charge on any atom is 0.227 e. The Morgan fingerprint density at radius 2 is 2.19 bits per heavy atom. The third kappa shape index (κ3) is 3.12. The van der Waals surface area contributed by atoms with Gasteiger partial charge in [0, 0.05) is 30.9 Å². The first-order valence-corrected chi connectivity index (χ1v) is 7.15. The minimum Gasteiger partial charge on any atom is -0.346 e. The Morgan fingerprint density at radius 1 is 1.43 bits per heavy atom. The Labute approximate surface area is 123 Å². The molecule has 21 heavy (non-hydrogen) atoms. The van der Waals surface area contributed by atoms with E-state index in [0.717, 1.165) is 30.0 Å². The van der Waals surface area contributed by atoms with Crippen LogP contribution in [0.1, 0.15) is 29.4 Å². The van der Waals surface area contributed by atoms with Gasteiger partial charge in [-0.2, -0.15) is 0 Å². The minimum atomic E-state index is -0.277. The molecular weight excluding hydrogens is 269 g/mol. The van der Waals surface area contributed by atoms with Gasteiger partial charge in [-0.05, 0) is 31.0 Å². The van der Waals surface area contributed by atoms with E-state index in [1.54, 1.807) is 12.1 Å². The van der Waals surface area contributed by atoms with Crippen LogP contribution in [0.2, 0.25) is 0 Å². The number of hydrogen-bond acceptors (Lipinski definition) is 2. The fourth-order valence-corrected chi connectivity index (χ4v) is 2.74. The van der Waals surface area contributed by atoms with Crippen molar-refractivity contribution in [1.29, 1.82) is 0 Å². The van der Waals surface area contributed by atoms with Gasteiger partial charge in [-0.3, -0.25) is 4.79 Å². The number of H-pyrrole nitrogens is 1. The Hall–Kier alpha value is -2.17. The number of halogens is 1. The van der Waals surface area contributed by atoms with Crippen molar-refractivity contribution >= 4 is 5.91 Å². The van der Waals surface area contributed by atoms with E-state index < -0.39 is 0 Å². The van der Waals surface area contributed by atoms with Crippen molar-refractivity contribution in [3.05, 3.63) is 53.4 Å². The average Bonchev–Trinajstić information content (AvgIpc) is 3.10. The van der Waals surface area contributed by atoms with Crippen molar-refractivity contribution in [2.24, 2.45) is 0 Å². The number of aromatic nitrogens is 2. The summed E-state index contributed by atoms with van der Waals surface area (Å²) in [6.07, 6.45) is 3.07. The van der Waals surface area contributed by atoms with Crippen LogP contribution in [0, 0.1) is 12.7 Å². The number of nitrogens with one attached hydrogen (secondary N) is 1. The number of imidazole rings is 1. The number of carbonyl (C=O) groups is 1. The van der Waals surface area contributed by atoms with Gasteiger partial charge in [0.25, 0.3) is 0 Å². The molecule has 1 aromatic carbocycles. The average molecular weight is 287 g/mol. The van der Waals surface area contributed by atoms with E-state index in [1.807, 2.05) is 18.0 Å². The molecule has 0 bridgehead atoms. The molecule has 2 aromatic rings. The van der Waals surface area contributed by atoms with Crippen LogP contribution in [0.5, 0.6) is 0 Å². The Kier molecular flexibility index (Phi) is 3.73. The van der Waals surface area contributed by atoms with Gasteiger partial charge in [0.05, 0.1) is 6.42 Å². The second-order valence-corrected chi connectivity index (χ2v) is 5.58. The quantitative estimate of drug-likeness (QED) is 0.942. The maximum atomic E-state index is 12.9. The number of rotatable bonds is 3. The Balaban J connectivity index is 1.60. The predicted molar refractivity (Wildman–Crippen MR) is 77.4 cm³/mol. The fourth-order valence-electron chi connectivity index (χ4n) is 2.74. The van der Waals surface area contributed by atoms with E-state index in [0.29, 0.717) is 13.0 Å². The summed E-state index contributed by atoms with van der Waals surface area (Å²) < 4.78 is 12.9. The predicted octanol–water partition coefficient (Wildman–Crippen LogP) is 2.42. The molecule has 1 atom stereocenters. The molecule has 110 valence electrons. The molecule has 3 rings (SSSR count). The summed E-state index contributed by atoms with van der Waals surface area (Å²) in [7, 11) is 0. The summed E-state index contributed by atoms with van der Waals surface area (Å²) in [6.45, 7) is 3.43. The molecule has 1 aliphatic rings. The lowest BCUT2D eigenvalue weighted by molar-refractivity contribution is -0.129. The largest absolute Gasteiger partial charge is 0.346 e. The van der Waals surface area contributed by atoms with E-state index in [2.05, 4.69) is 9.97 Å². The molecule has 0 saturated carbocycles. The second-order valence-electron chi connectivity index (χ2n) is 5.58. The molecule has 4 nitrogen and oxygen atoms in total. The lowest BCUT2D eigenvalue weighted by atomic mass is 10.1. The normalized spacial score (nSPS) is 18.2. The zero-order chi connectivity index (χ0) is 14.8. The van der Waals surface area contributed by atoms with Crippen LogP contribution < -0.4 is 0 Å². The van der Waals surface area contributed by atoms with Gasteiger partial charge in [0.1, 0.15) is 11.6 Å². The molecule has 1 unspecified atom stereocenters. The van der Waals surface area contributed by atoms with Crippen molar-refractivity contribution in [3.63, 3.8) is 0 Å². The third-order valence-corrected chi connectivity index (χ3v) is 3.92. The van der Waals surface area contributed by atoms with Crippen LogP contribution in [0.3, 0.4) is 0 Å². The third-order valence-electron chi connectivity index (χ3n) is 3.92. The first kappa shape index (κ1) is 13.8. The van der Waals surface area contributed by atoms with Crippen LogP contribution in [-0.4, -0.2) is 33.9 Å². The molecule has 5 heteroatoms. The van der Waals surface area contributed by atoms with Gasteiger partial charge < -0.3 is 9.88 Å². The molecule has 0 aliphatic carbocycles. The summed E-state index contributed by atoms with van der Waals surface area (Å²) in [5, 5.41) is 0. The van der Waals surface area contributed by atoms with Crippen molar-refractivity contribution in [1.82, 2.24) is 14.9 Å². The molecule has 1 saturated heterocycles. The highest BCUT2D eigenvalue weighted by Gasteiger charge is 2.28. The number of aromatic amines is 1. The zero-order valence-electron chi connectivity index (χ0n) is 12.0. The molecule has 1 amide bonds. The number of likely N-dealkylation sites (tertiary alicyclic amines) is 1. The summed E-state index contributed by atoms with van der Waals surface area (Å²) in [5.41, 5.74) is 1.89. The van der Waals surface area contributed by atoms with E-state index in [9.17, 15) is 9.18 Å². The van der Waals surface area contributed by atoms with Crippen molar-refractivity contribution in [2.45, 2.75) is 25.7 Å². The van der Waals surface area contributed by atoms with Gasteiger partial charge in [-0.25, -0.2) is 9.37 Å². The topological polar surface area (TPSA) is 49.0 Å². The maximum absolute atomic E-state index is 12.9. The zero-order valence-corrected chi connectivity index (χ0v) is 12.0. The van der Waals surface area contributed by atoms with E-state index in [4.69, 9.17) is 0 Å². The number of nitrogens with zero attached hydrogens (tertiary/aromatic N) is 2. The van der Waals surface area contributed by atoms with Crippen molar-refractivity contribution in [3.8, 4) is 0 Å². The van der Waals surface area contributed by atoms with Gasteiger partial charge in [-0.15, -0.1) is 0 Å². The Bertz CT molecular complexity index is 635.